The van der Waals surface area contributed by atoms with Gasteiger partial charge in [-0.15, -0.1) is 11.3 Å². The van der Waals surface area contributed by atoms with E-state index >= 15 is 0 Å². The predicted molar refractivity (Wildman–Crippen MR) is 108 cm³/mol. The van der Waals surface area contributed by atoms with Crippen molar-refractivity contribution in [2.45, 2.75) is 19.4 Å². The Morgan fingerprint density at radius 2 is 2.11 bits per heavy atom. The molecule has 3 heterocycles. The van der Waals surface area contributed by atoms with Gasteiger partial charge < -0.3 is 4.90 Å². The number of hydrogen-bond acceptors (Lipinski definition) is 5. The molecule has 2 aromatic heterocycles. The Labute approximate surface area is 166 Å². The Hall–Kier alpha value is -1.90. The molecule has 0 spiro atoms. The number of carbonyl (C=O) groups is 1. The van der Waals surface area contributed by atoms with E-state index < -0.39 is 9.84 Å². The smallest absolute Gasteiger partial charge is 0.264 e. The van der Waals surface area contributed by atoms with E-state index in [4.69, 9.17) is 11.6 Å². The quantitative estimate of drug-likeness (QED) is 0.647. The van der Waals surface area contributed by atoms with E-state index in [1.54, 1.807) is 22.7 Å². The maximum absolute atomic E-state index is 12.9. The van der Waals surface area contributed by atoms with Gasteiger partial charge in [-0.1, -0.05) is 23.7 Å². The molecular weight excluding hydrogens is 406 g/mol. The first-order chi connectivity index (χ1) is 12.8. The molecule has 1 aliphatic heterocycles. The van der Waals surface area contributed by atoms with Crippen LogP contribution >= 0.6 is 22.9 Å². The number of benzene rings is 1. The largest absolute Gasteiger partial charge is 0.337 e. The summed E-state index contributed by atoms with van der Waals surface area (Å²) in [5.74, 6) is 0.0119. The molecule has 142 valence electrons. The highest BCUT2D eigenvalue weighted by Crippen LogP contribution is 2.33. The zero-order valence-electron chi connectivity index (χ0n) is 14.8. The molecule has 1 amide bonds. The number of fused-ring (bicyclic) bond motifs is 1. The number of thiophene rings is 1. The first-order valence-corrected chi connectivity index (χ1v) is 11.5. The van der Waals surface area contributed by atoms with Gasteiger partial charge in [0, 0.05) is 18.5 Å². The first kappa shape index (κ1) is 18.5. The van der Waals surface area contributed by atoms with Crippen LogP contribution < -0.4 is 0 Å². The minimum Gasteiger partial charge on any atom is -0.337 e. The highest BCUT2D eigenvalue weighted by Gasteiger charge is 2.33. The number of para-hydroxylation sites is 1. The third kappa shape index (κ3) is 3.26. The normalized spacial score (nSPS) is 18.9. The van der Waals surface area contributed by atoms with Crippen LogP contribution in [0.25, 0.3) is 15.9 Å². The lowest BCUT2D eigenvalue weighted by atomic mass is 10.2. The van der Waals surface area contributed by atoms with E-state index in [0.717, 1.165) is 21.6 Å². The van der Waals surface area contributed by atoms with Gasteiger partial charge in [-0.3, -0.25) is 4.79 Å². The van der Waals surface area contributed by atoms with E-state index in [-0.39, 0.29) is 23.5 Å². The van der Waals surface area contributed by atoms with Crippen molar-refractivity contribution in [3.63, 3.8) is 0 Å². The lowest BCUT2D eigenvalue weighted by molar-refractivity contribution is 0.0752. The Kier molecular flexibility index (Phi) is 4.52. The van der Waals surface area contributed by atoms with Crippen LogP contribution in [0, 0.1) is 6.92 Å². The van der Waals surface area contributed by atoms with Gasteiger partial charge in [0.25, 0.3) is 5.91 Å². The van der Waals surface area contributed by atoms with E-state index in [1.165, 1.54) is 11.3 Å². The summed E-state index contributed by atoms with van der Waals surface area (Å²) in [5.41, 5.74) is 1.57. The fourth-order valence-corrected chi connectivity index (χ4v) is 6.51. The first-order valence-electron chi connectivity index (χ1n) is 8.48. The summed E-state index contributed by atoms with van der Waals surface area (Å²) in [6.45, 7) is 1.89. The van der Waals surface area contributed by atoms with E-state index in [0.29, 0.717) is 16.3 Å². The van der Waals surface area contributed by atoms with Crippen molar-refractivity contribution in [3.05, 3.63) is 45.9 Å². The topological polar surface area (TPSA) is 72.3 Å². The fraction of sp³-hybridized carbons (Fsp3) is 0.333. The van der Waals surface area contributed by atoms with Crippen LogP contribution in [-0.2, 0) is 9.84 Å². The van der Waals surface area contributed by atoms with Crippen molar-refractivity contribution in [1.82, 2.24) is 14.7 Å². The van der Waals surface area contributed by atoms with Crippen LogP contribution in [0.1, 0.15) is 21.8 Å². The maximum Gasteiger partial charge on any atom is 0.264 e. The minimum atomic E-state index is -3.04. The van der Waals surface area contributed by atoms with E-state index in [9.17, 15) is 13.2 Å². The number of halogens is 1. The lowest BCUT2D eigenvalue weighted by Crippen LogP contribution is -2.37. The number of aryl methyl sites for hydroxylation is 1. The Bertz CT molecular complexity index is 1150. The van der Waals surface area contributed by atoms with Gasteiger partial charge in [0.1, 0.15) is 4.83 Å². The van der Waals surface area contributed by atoms with Crippen LogP contribution in [0.2, 0.25) is 5.02 Å². The van der Waals surface area contributed by atoms with Crippen LogP contribution in [-0.4, -0.2) is 53.6 Å². The molecule has 0 N–H and O–H groups in total. The van der Waals surface area contributed by atoms with Gasteiger partial charge >= 0.3 is 0 Å². The number of aromatic nitrogens is 2. The third-order valence-electron chi connectivity index (χ3n) is 4.91. The van der Waals surface area contributed by atoms with Gasteiger partial charge in [0.15, 0.2) is 9.84 Å². The van der Waals surface area contributed by atoms with Gasteiger partial charge in [-0.25, -0.2) is 13.1 Å². The average molecular weight is 424 g/mol. The third-order valence-corrected chi connectivity index (χ3v) is 8.08. The lowest BCUT2D eigenvalue weighted by Gasteiger charge is -2.22. The zero-order valence-corrected chi connectivity index (χ0v) is 17.2. The van der Waals surface area contributed by atoms with Gasteiger partial charge in [0.2, 0.25) is 0 Å². The molecule has 1 saturated heterocycles. The summed E-state index contributed by atoms with van der Waals surface area (Å²) in [6, 6.07) is 8.98. The number of sulfone groups is 1. The number of rotatable bonds is 3. The van der Waals surface area contributed by atoms with Crippen molar-refractivity contribution in [3.8, 4) is 5.69 Å². The zero-order chi connectivity index (χ0) is 19.3. The number of hydrogen-bond donors (Lipinski definition) is 0. The number of carbonyl (C=O) groups excluding carboxylic acids is 1. The molecule has 4 rings (SSSR count). The van der Waals surface area contributed by atoms with Crippen LogP contribution in [0.15, 0.2) is 30.3 Å². The molecule has 1 aromatic carbocycles. The minimum absolute atomic E-state index is 0.0343. The second-order valence-corrected chi connectivity index (χ2v) is 10.4. The predicted octanol–water partition coefficient (Wildman–Crippen LogP) is 3.31. The van der Waals surface area contributed by atoms with Gasteiger partial charge in [0.05, 0.1) is 32.8 Å². The van der Waals surface area contributed by atoms with E-state index in [2.05, 4.69) is 5.10 Å². The Balaban J connectivity index is 1.71. The van der Waals surface area contributed by atoms with Gasteiger partial charge in [-0.2, -0.15) is 5.10 Å². The summed E-state index contributed by atoms with van der Waals surface area (Å²) in [4.78, 5) is 15.9. The van der Waals surface area contributed by atoms with Crippen LogP contribution in [0.5, 0.6) is 0 Å². The molecular formula is C18H18ClN3O3S2. The standard InChI is InChI=1S/C18H18ClN3O3S2/c1-11-13-9-16(17(23)21(2)12-7-8-27(24,25)10-12)26-18(13)22(20-11)15-6-4-3-5-14(15)19/h3-6,9,12H,7-8,10H2,1-2H3. The molecule has 6 nitrogen and oxygen atoms in total. The summed E-state index contributed by atoms with van der Waals surface area (Å²) >= 11 is 7.66. The second-order valence-electron chi connectivity index (χ2n) is 6.75. The van der Waals surface area contributed by atoms with Crippen molar-refractivity contribution in [2.24, 2.45) is 0 Å². The second kappa shape index (κ2) is 6.61. The van der Waals surface area contributed by atoms with Crippen molar-refractivity contribution in [2.75, 3.05) is 18.6 Å². The van der Waals surface area contributed by atoms with Crippen LogP contribution in [0.4, 0.5) is 0 Å². The molecule has 1 aliphatic rings. The molecule has 1 unspecified atom stereocenters. The fourth-order valence-electron chi connectivity index (χ4n) is 3.36. The van der Waals surface area contributed by atoms with Crippen molar-refractivity contribution < 1.29 is 13.2 Å². The number of nitrogens with zero attached hydrogens (tertiary/aromatic N) is 3. The summed E-state index contributed by atoms with van der Waals surface area (Å²) in [6.07, 6.45) is 0.488. The Morgan fingerprint density at radius 1 is 1.37 bits per heavy atom. The molecule has 1 atom stereocenters. The molecule has 27 heavy (non-hydrogen) atoms. The molecule has 0 aliphatic carbocycles. The Morgan fingerprint density at radius 3 is 2.78 bits per heavy atom. The van der Waals surface area contributed by atoms with Gasteiger partial charge in [-0.05, 0) is 31.5 Å². The molecule has 0 bridgehead atoms. The van der Waals surface area contributed by atoms with Crippen molar-refractivity contribution in [1.29, 1.82) is 0 Å². The van der Waals surface area contributed by atoms with Crippen molar-refractivity contribution >= 4 is 48.9 Å². The molecule has 9 heteroatoms. The summed E-state index contributed by atoms with van der Waals surface area (Å²) in [5, 5.41) is 6.04. The molecule has 3 aromatic rings. The molecule has 1 fully saturated rings. The monoisotopic (exact) mass is 423 g/mol. The van der Waals surface area contributed by atoms with E-state index in [1.807, 2.05) is 31.2 Å². The molecule has 0 radical (unpaired) electrons. The highest BCUT2D eigenvalue weighted by atomic mass is 35.5. The SMILES string of the molecule is Cc1nn(-c2ccccc2Cl)c2sc(C(=O)N(C)C3CCS(=O)(=O)C3)cc12. The average Bonchev–Trinajstić information content (AvgIpc) is 3.29. The summed E-state index contributed by atoms with van der Waals surface area (Å²) in [7, 11) is -1.37. The summed E-state index contributed by atoms with van der Waals surface area (Å²) < 4.78 is 25.2. The number of amides is 1. The molecule has 0 saturated carbocycles. The maximum atomic E-state index is 12.9. The highest BCUT2D eigenvalue weighted by molar-refractivity contribution is 7.91. The van der Waals surface area contributed by atoms with Crippen LogP contribution in [0.3, 0.4) is 0 Å².